The Hall–Kier alpha value is -2.42. The summed E-state index contributed by atoms with van der Waals surface area (Å²) in [5.41, 5.74) is 6.44. The summed E-state index contributed by atoms with van der Waals surface area (Å²) in [5.74, 6) is -1.42. The van der Waals surface area contributed by atoms with Crippen LogP contribution in [0.3, 0.4) is 0 Å². The molecular weight excluding hydrogens is 342 g/mol. The van der Waals surface area contributed by atoms with Gasteiger partial charge in [-0.05, 0) is 18.2 Å². The molecule has 110 valence electrons. The van der Waals surface area contributed by atoms with Crippen molar-refractivity contribution in [1.29, 1.82) is 0 Å². The summed E-state index contributed by atoms with van der Waals surface area (Å²) in [6, 6.07) is 4.92. The smallest absolute Gasteiger partial charge is 0.358 e. The van der Waals surface area contributed by atoms with Crippen LogP contribution in [0.15, 0.2) is 28.9 Å². The second-order valence-electron chi connectivity index (χ2n) is 4.20. The maximum atomic E-state index is 11.9. The van der Waals surface area contributed by atoms with Gasteiger partial charge in [-0.1, -0.05) is 21.1 Å². The Kier molecular flexibility index (Phi) is 4.53. The zero-order valence-corrected chi connectivity index (χ0v) is 12.4. The van der Waals surface area contributed by atoms with Crippen molar-refractivity contribution in [3.63, 3.8) is 0 Å². The third-order valence-electron chi connectivity index (χ3n) is 2.57. The minimum absolute atomic E-state index is 0.138. The fourth-order valence-electron chi connectivity index (χ4n) is 1.64. The molecule has 0 bridgehead atoms. The fraction of sp³-hybridized carbons (Fsp3) is 0.167. The molecule has 1 aromatic heterocycles. The van der Waals surface area contributed by atoms with E-state index in [2.05, 4.69) is 31.6 Å². The number of benzene rings is 1. The molecule has 0 atom stereocenters. The van der Waals surface area contributed by atoms with Crippen LogP contribution in [0.4, 0.5) is 5.69 Å². The lowest BCUT2D eigenvalue weighted by Gasteiger charge is -2.06. The molecule has 0 saturated carbocycles. The highest BCUT2D eigenvalue weighted by Crippen LogP contribution is 2.17. The Labute approximate surface area is 128 Å². The number of aromatic nitrogens is 3. The Morgan fingerprint density at radius 1 is 1.38 bits per heavy atom. The minimum atomic E-state index is -1.14. The van der Waals surface area contributed by atoms with Crippen LogP contribution in [0.25, 0.3) is 0 Å². The number of nitrogens with zero attached hydrogens (tertiary/aromatic N) is 3. The average molecular weight is 354 g/mol. The number of aromatic carboxylic acids is 1. The molecule has 0 spiro atoms. The van der Waals surface area contributed by atoms with Gasteiger partial charge in [0.05, 0.1) is 12.7 Å². The number of amides is 1. The van der Waals surface area contributed by atoms with Crippen LogP contribution in [0.2, 0.25) is 0 Å². The third-order valence-corrected chi connectivity index (χ3v) is 3.02. The first-order valence-corrected chi connectivity index (χ1v) is 6.72. The standard InChI is InChI=1S/C12H12BrN5O3/c13-8-3-7(4-9(14)5-8)11(19)15-1-2-18-6-10(12(20)21)16-17-18/h3-6H,1-2,14H2,(H,15,19)(H,20,21). The minimum Gasteiger partial charge on any atom is -0.476 e. The summed E-state index contributed by atoms with van der Waals surface area (Å²) in [5, 5.41) is 18.5. The van der Waals surface area contributed by atoms with Crippen molar-refractivity contribution < 1.29 is 14.7 Å². The Morgan fingerprint density at radius 3 is 2.76 bits per heavy atom. The highest BCUT2D eigenvalue weighted by molar-refractivity contribution is 9.10. The molecule has 2 rings (SSSR count). The number of carbonyl (C=O) groups excluding carboxylic acids is 1. The van der Waals surface area contributed by atoms with Crippen LogP contribution in [-0.2, 0) is 6.54 Å². The van der Waals surface area contributed by atoms with Gasteiger partial charge in [-0.3, -0.25) is 4.79 Å². The SMILES string of the molecule is Nc1cc(Br)cc(C(=O)NCCn2cc(C(=O)O)nn2)c1. The highest BCUT2D eigenvalue weighted by atomic mass is 79.9. The van der Waals surface area contributed by atoms with E-state index in [9.17, 15) is 9.59 Å². The molecule has 0 aliphatic heterocycles. The molecule has 2 aromatic rings. The van der Waals surface area contributed by atoms with E-state index < -0.39 is 5.97 Å². The molecule has 0 radical (unpaired) electrons. The molecule has 0 saturated heterocycles. The Morgan fingerprint density at radius 2 is 2.14 bits per heavy atom. The number of carbonyl (C=O) groups is 2. The van der Waals surface area contributed by atoms with Crippen molar-refractivity contribution in [3.8, 4) is 0 Å². The van der Waals surface area contributed by atoms with Crippen molar-refractivity contribution in [2.45, 2.75) is 6.54 Å². The van der Waals surface area contributed by atoms with Crippen molar-refractivity contribution >= 4 is 33.5 Å². The maximum absolute atomic E-state index is 11.9. The van der Waals surface area contributed by atoms with E-state index in [-0.39, 0.29) is 18.1 Å². The summed E-state index contributed by atoms with van der Waals surface area (Å²) >= 11 is 3.26. The Bertz CT molecular complexity index is 665. The number of halogens is 1. The van der Waals surface area contributed by atoms with Gasteiger partial charge in [0.15, 0.2) is 5.69 Å². The van der Waals surface area contributed by atoms with Crippen molar-refractivity contribution in [3.05, 3.63) is 40.1 Å². The topological polar surface area (TPSA) is 123 Å². The number of nitrogens with two attached hydrogens (primary N) is 1. The van der Waals surface area contributed by atoms with Gasteiger partial charge in [-0.15, -0.1) is 5.10 Å². The molecule has 1 amide bonds. The van der Waals surface area contributed by atoms with Crippen molar-refractivity contribution in [1.82, 2.24) is 20.3 Å². The molecule has 0 unspecified atom stereocenters. The number of rotatable bonds is 5. The van der Waals surface area contributed by atoms with Crippen LogP contribution < -0.4 is 11.1 Å². The molecule has 4 N–H and O–H groups in total. The van der Waals surface area contributed by atoms with Gasteiger partial charge in [-0.25, -0.2) is 9.48 Å². The molecule has 8 nitrogen and oxygen atoms in total. The highest BCUT2D eigenvalue weighted by Gasteiger charge is 2.09. The first kappa shape index (κ1) is 15.0. The van der Waals surface area contributed by atoms with Crippen LogP contribution in [-0.4, -0.2) is 38.5 Å². The normalized spacial score (nSPS) is 10.3. The van der Waals surface area contributed by atoms with E-state index in [0.29, 0.717) is 17.8 Å². The van der Waals surface area contributed by atoms with Gasteiger partial charge in [0, 0.05) is 22.3 Å². The van der Waals surface area contributed by atoms with Gasteiger partial charge < -0.3 is 16.2 Å². The number of hydrogen-bond acceptors (Lipinski definition) is 5. The predicted molar refractivity (Wildman–Crippen MR) is 77.9 cm³/mol. The lowest BCUT2D eigenvalue weighted by molar-refractivity contribution is 0.0690. The first-order valence-electron chi connectivity index (χ1n) is 5.93. The number of carboxylic acid groups (broad SMARTS) is 1. The van der Waals surface area contributed by atoms with Crippen molar-refractivity contribution in [2.24, 2.45) is 0 Å². The van der Waals surface area contributed by atoms with Crippen LogP contribution in [0.5, 0.6) is 0 Å². The zero-order valence-electron chi connectivity index (χ0n) is 10.8. The van der Waals surface area contributed by atoms with E-state index in [1.54, 1.807) is 18.2 Å². The summed E-state index contributed by atoms with van der Waals surface area (Å²) < 4.78 is 2.06. The largest absolute Gasteiger partial charge is 0.476 e. The zero-order chi connectivity index (χ0) is 15.4. The summed E-state index contributed by atoms with van der Waals surface area (Å²) in [6.45, 7) is 0.600. The summed E-state index contributed by atoms with van der Waals surface area (Å²) in [7, 11) is 0. The van der Waals surface area contributed by atoms with E-state index in [4.69, 9.17) is 10.8 Å². The molecule has 0 fully saturated rings. The fourth-order valence-corrected chi connectivity index (χ4v) is 2.15. The van der Waals surface area contributed by atoms with Gasteiger partial charge in [0.25, 0.3) is 5.91 Å². The summed E-state index contributed by atoms with van der Waals surface area (Å²) in [4.78, 5) is 22.6. The second kappa shape index (κ2) is 6.35. The van der Waals surface area contributed by atoms with Crippen molar-refractivity contribution in [2.75, 3.05) is 12.3 Å². The Balaban J connectivity index is 1.90. The molecule has 21 heavy (non-hydrogen) atoms. The maximum Gasteiger partial charge on any atom is 0.358 e. The predicted octanol–water partition coefficient (Wildman–Crippen LogP) is 0.751. The molecule has 1 heterocycles. The first-order chi connectivity index (χ1) is 9.95. The number of anilines is 1. The molecule has 0 aliphatic rings. The summed E-state index contributed by atoms with van der Waals surface area (Å²) in [6.07, 6.45) is 1.30. The average Bonchev–Trinajstić information content (AvgIpc) is 2.86. The molecule has 1 aromatic carbocycles. The lowest BCUT2D eigenvalue weighted by atomic mass is 10.2. The second-order valence-corrected chi connectivity index (χ2v) is 5.12. The number of hydrogen-bond donors (Lipinski definition) is 3. The van der Waals surface area contributed by atoms with Crippen LogP contribution in [0.1, 0.15) is 20.8 Å². The number of nitrogen functional groups attached to an aromatic ring is 1. The van der Waals surface area contributed by atoms with E-state index >= 15 is 0 Å². The van der Waals surface area contributed by atoms with Gasteiger partial charge in [0.2, 0.25) is 0 Å². The molecule has 0 aliphatic carbocycles. The third kappa shape index (κ3) is 4.02. The number of carboxylic acids is 1. The van der Waals surface area contributed by atoms with E-state index in [1.807, 2.05) is 0 Å². The van der Waals surface area contributed by atoms with Gasteiger partial charge >= 0.3 is 5.97 Å². The van der Waals surface area contributed by atoms with E-state index in [0.717, 1.165) is 4.47 Å². The molecule has 9 heteroatoms. The number of nitrogens with one attached hydrogen (secondary N) is 1. The van der Waals surface area contributed by atoms with Gasteiger partial charge in [0.1, 0.15) is 0 Å². The molecular formula is C12H12BrN5O3. The monoisotopic (exact) mass is 353 g/mol. The van der Waals surface area contributed by atoms with E-state index in [1.165, 1.54) is 10.9 Å². The van der Waals surface area contributed by atoms with Crippen LogP contribution >= 0.6 is 15.9 Å². The van der Waals surface area contributed by atoms with Crippen LogP contribution in [0, 0.1) is 0 Å². The quantitative estimate of drug-likeness (QED) is 0.681. The van der Waals surface area contributed by atoms with Gasteiger partial charge in [-0.2, -0.15) is 0 Å². The lowest BCUT2D eigenvalue weighted by Crippen LogP contribution is -2.27.